The Morgan fingerprint density at radius 3 is 2.06 bits per heavy atom. The minimum Gasteiger partial charge on any atom is -0.454 e. The van der Waals surface area contributed by atoms with Gasteiger partial charge in [0.25, 0.3) is 0 Å². The molecule has 4 heteroatoms. The van der Waals surface area contributed by atoms with Gasteiger partial charge in [-0.3, -0.25) is 9.59 Å². The molecule has 92 valence electrons. The largest absolute Gasteiger partial charge is 0.454 e. The van der Waals surface area contributed by atoms with Gasteiger partial charge in [0.1, 0.15) is 5.78 Å². The summed E-state index contributed by atoms with van der Waals surface area (Å²) in [6, 6.07) is 0. The van der Waals surface area contributed by atoms with E-state index < -0.39 is 12.1 Å². The van der Waals surface area contributed by atoms with E-state index in [-0.39, 0.29) is 30.3 Å². The predicted molar refractivity (Wildman–Crippen MR) is 59.9 cm³/mol. The van der Waals surface area contributed by atoms with E-state index in [2.05, 4.69) is 0 Å². The minimum absolute atomic E-state index is 0.0528. The Bertz CT molecular complexity index is 268. The van der Waals surface area contributed by atoms with Crippen LogP contribution in [0.15, 0.2) is 0 Å². The Labute approximate surface area is 96.4 Å². The molecule has 1 unspecified atom stereocenters. The molecule has 4 nitrogen and oxygen atoms in total. The van der Waals surface area contributed by atoms with Crippen LogP contribution >= 0.6 is 0 Å². The van der Waals surface area contributed by atoms with Crippen LogP contribution in [0.25, 0.3) is 0 Å². The highest BCUT2D eigenvalue weighted by molar-refractivity contribution is 5.87. The number of ketones is 2. The molecule has 0 N–H and O–H groups in total. The van der Waals surface area contributed by atoms with Gasteiger partial charge in [-0.25, -0.2) is 0 Å². The molecule has 0 saturated heterocycles. The van der Waals surface area contributed by atoms with E-state index >= 15 is 0 Å². The maximum atomic E-state index is 11.6. The van der Waals surface area contributed by atoms with Crippen LogP contribution in [0.3, 0.4) is 0 Å². The topological polar surface area (TPSA) is 60.4 Å². The standard InChI is InChI=1S/C12H20O4/c1-5-10(12(15)8(2)3)16-11(14)7-6-9(4)13/h8,10H,5-7H2,1-4H3. The molecule has 0 bridgehead atoms. The number of hydrogen-bond acceptors (Lipinski definition) is 4. The lowest BCUT2D eigenvalue weighted by Crippen LogP contribution is -2.30. The zero-order valence-electron chi connectivity index (χ0n) is 10.4. The first-order valence-electron chi connectivity index (χ1n) is 5.61. The molecule has 0 aliphatic carbocycles. The Kier molecular flexibility index (Phi) is 6.61. The van der Waals surface area contributed by atoms with Gasteiger partial charge in [0.15, 0.2) is 11.9 Å². The number of ether oxygens (including phenoxy) is 1. The zero-order valence-corrected chi connectivity index (χ0v) is 10.4. The first-order valence-corrected chi connectivity index (χ1v) is 5.61. The molecule has 16 heavy (non-hydrogen) atoms. The molecule has 0 radical (unpaired) electrons. The van der Waals surface area contributed by atoms with Gasteiger partial charge in [-0.2, -0.15) is 0 Å². The van der Waals surface area contributed by atoms with Crippen molar-refractivity contribution in [3.05, 3.63) is 0 Å². The van der Waals surface area contributed by atoms with Gasteiger partial charge in [-0.05, 0) is 13.3 Å². The molecule has 0 aliphatic heterocycles. The average molecular weight is 228 g/mol. The van der Waals surface area contributed by atoms with Gasteiger partial charge in [-0.15, -0.1) is 0 Å². The van der Waals surface area contributed by atoms with E-state index in [1.807, 2.05) is 0 Å². The van der Waals surface area contributed by atoms with Gasteiger partial charge >= 0.3 is 5.97 Å². The fourth-order valence-electron chi connectivity index (χ4n) is 1.21. The zero-order chi connectivity index (χ0) is 12.7. The van der Waals surface area contributed by atoms with Gasteiger partial charge in [0.2, 0.25) is 0 Å². The molecular formula is C12H20O4. The second-order valence-corrected chi connectivity index (χ2v) is 4.15. The molecule has 0 spiro atoms. The molecule has 0 aliphatic rings. The second-order valence-electron chi connectivity index (χ2n) is 4.15. The molecule has 0 fully saturated rings. The fraction of sp³-hybridized carbons (Fsp3) is 0.750. The molecule has 0 aromatic rings. The van der Waals surface area contributed by atoms with Crippen molar-refractivity contribution in [2.24, 2.45) is 5.92 Å². The third kappa shape index (κ3) is 5.63. The van der Waals surface area contributed by atoms with Crippen molar-refractivity contribution in [2.45, 2.75) is 53.1 Å². The van der Waals surface area contributed by atoms with Gasteiger partial charge in [0.05, 0.1) is 6.42 Å². The van der Waals surface area contributed by atoms with Crippen molar-refractivity contribution in [1.82, 2.24) is 0 Å². The lowest BCUT2D eigenvalue weighted by Gasteiger charge is -2.16. The van der Waals surface area contributed by atoms with Gasteiger partial charge < -0.3 is 9.53 Å². The fourth-order valence-corrected chi connectivity index (χ4v) is 1.21. The number of carbonyl (C=O) groups is 3. The molecule has 1 atom stereocenters. The number of esters is 1. The van der Waals surface area contributed by atoms with Crippen molar-refractivity contribution >= 4 is 17.5 Å². The van der Waals surface area contributed by atoms with Crippen molar-refractivity contribution < 1.29 is 19.1 Å². The van der Waals surface area contributed by atoms with Crippen LogP contribution in [0.4, 0.5) is 0 Å². The maximum Gasteiger partial charge on any atom is 0.306 e. The third-order valence-electron chi connectivity index (χ3n) is 2.21. The van der Waals surface area contributed by atoms with Crippen molar-refractivity contribution in [3.63, 3.8) is 0 Å². The van der Waals surface area contributed by atoms with Crippen molar-refractivity contribution in [1.29, 1.82) is 0 Å². The first kappa shape index (κ1) is 14.8. The predicted octanol–water partition coefficient (Wildman–Crippen LogP) is 1.90. The van der Waals surface area contributed by atoms with Crippen LogP contribution < -0.4 is 0 Å². The highest BCUT2D eigenvalue weighted by Crippen LogP contribution is 2.09. The summed E-state index contributed by atoms with van der Waals surface area (Å²) < 4.78 is 5.03. The van der Waals surface area contributed by atoms with E-state index in [0.29, 0.717) is 6.42 Å². The summed E-state index contributed by atoms with van der Waals surface area (Å²) >= 11 is 0. The van der Waals surface area contributed by atoms with Gasteiger partial charge in [0, 0.05) is 12.3 Å². The molecule has 0 saturated carbocycles. The Balaban J connectivity index is 4.17. The van der Waals surface area contributed by atoms with Crippen LogP contribution in [0.5, 0.6) is 0 Å². The number of hydrogen-bond donors (Lipinski definition) is 0. The van der Waals surface area contributed by atoms with E-state index in [0.717, 1.165) is 0 Å². The second kappa shape index (κ2) is 7.14. The van der Waals surface area contributed by atoms with E-state index in [1.165, 1.54) is 6.92 Å². The SMILES string of the molecule is CCC(OC(=O)CCC(C)=O)C(=O)C(C)C. The van der Waals surface area contributed by atoms with Crippen LogP contribution in [0.2, 0.25) is 0 Å². The third-order valence-corrected chi connectivity index (χ3v) is 2.21. The summed E-state index contributed by atoms with van der Waals surface area (Å²) in [5.41, 5.74) is 0. The maximum absolute atomic E-state index is 11.6. The number of rotatable bonds is 7. The lowest BCUT2D eigenvalue weighted by atomic mass is 10.0. The monoisotopic (exact) mass is 228 g/mol. The normalized spacial score (nSPS) is 12.3. The first-order chi connectivity index (χ1) is 7.38. The van der Waals surface area contributed by atoms with Crippen LogP contribution in [-0.4, -0.2) is 23.6 Å². The van der Waals surface area contributed by atoms with E-state index in [9.17, 15) is 14.4 Å². The van der Waals surface area contributed by atoms with Crippen LogP contribution in [-0.2, 0) is 19.1 Å². The Morgan fingerprint density at radius 1 is 1.12 bits per heavy atom. The summed E-state index contributed by atoms with van der Waals surface area (Å²) in [6.07, 6.45) is 0.0324. The molecule has 0 rings (SSSR count). The summed E-state index contributed by atoms with van der Waals surface area (Å²) in [4.78, 5) is 33.6. The van der Waals surface area contributed by atoms with Crippen molar-refractivity contribution in [3.8, 4) is 0 Å². The number of Topliss-reactive ketones (excluding diaryl/α,β-unsaturated/α-hetero) is 2. The lowest BCUT2D eigenvalue weighted by molar-refractivity contribution is -0.156. The Hall–Kier alpha value is -1.19. The quantitative estimate of drug-likeness (QED) is 0.624. The minimum atomic E-state index is -0.667. The smallest absolute Gasteiger partial charge is 0.306 e. The molecule has 0 aromatic carbocycles. The molecule has 0 heterocycles. The van der Waals surface area contributed by atoms with E-state index in [4.69, 9.17) is 4.74 Å². The number of carbonyl (C=O) groups excluding carboxylic acids is 3. The van der Waals surface area contributed by atoms with E-state index in [1.54, 1.807) is 20.8 Å². The van der Waals surface area contributed by atoms with Crippen LogP contribution in [0.1, 0.15) is 47.0 Å². The Morgan fingerprint density at radius 2 is 1.69 bits per heavy atom. The highest BCUT2D eigenvalue weighted by atomic mass is 16.5. The highest BCUT2D eigenvalue weighted by Gasteiger charge is 2.23. The summed E-state index contributed by atoms with van der Waals surface area (Å²) in [5, 5.41) is 0. The molecular weight excluding hydrogens is 208 g/mol. The summed E-state index contributed by atoms with van der Waals surface area (Å²) in [6.45, 7) is 6.76. The summed E-state index contributed by atoms with van der Waals surface area (Å²) in [5.74, 6) is -0.750. The summed E-state index contributed by atoms with van der Waals surface area (Å²) in [7, 11) is 0. The van der Waals surface area contributed by atoms with Gasteiger partial charge in [-0.1, -0.05) is 20.8 Å². The van der Waals surface area contributed by atoms with Crippen LogP contribution in [0, 0.1) is 5.92 Å². The van der Waals surface area contributed by atoms with Crippen molar-refractivity contribution in [2.75, 3.05) is 0 Å². The molecule has 0 aromatic heterocycles. The average Bonchev–Trinajstić information content (AvgIpc) is 2.21. The molecule has 0 amide bonds.